The topological polar surface area (TPSA) is 51.5 Å². The molecule has 4 aromatic rings. The minimum Gasteiger partial charge on any atom is -0.491 e. The number of carbonyl (C=O) groups is 1. The summed E-state index contributed by atoms with van der Waals surface area (Å²) in [5.74, 6) is 0.636. The van der Waals surface area contributed by atoms with Crippen molar-refractivity contribution in [1.82, 2.24) is 4.57 Å². The maximum atomic E-state index is 10.7. The Balaban J connectivity index is 1.55. The number of aliphatic hydroxyl groups excluding tert-OH is 1. The largest absolute Gasteiger partial charge is 0.491 e. The van der Waals surface area contributed by atoms with Gasteiger partial charge in [-0.1, -0.05) is 36.4 Å². The number of carbonyl (C=O) groups excluding carboxylic acids is 1. The van der Waals surface area contributed by atoms with Crippen molar-refractivity contribution < 1.29 is 14.6 Å². The molecule has 0 spiro atoms. The van der Waals surface area contributed by atoms with Gasteiger partial charge in [0.25, 0.3) is 0 Å². The van der Waals surface area contributed by atoms with Gasteiger partial charge in [-0.2, -0.15) is 0 Å². The van der Waals surface area contributed by atoms with Gasteiger partial charge in [-0.05, 0) is 36.4 Å². The van der Waals surface area contributed by atoms with Gasteiger partial charge in [0.2, 0.25) is 0 Å². The molecule has 0 saturated carbocycles. The van der Waals surface area contributed by atoms with E-state index in [0.717, 1.165) is 17.3 Å². The van der Waals surface area contributed by atoms with Gasteiger partial charge in [-0.3, -0.25) is 4.79 Å². The Morgan fingerprint density at radius 1 is 0.885 bits per heavy atom. The Morgan fingerprint density at radius 3 is 2.04 bits per heavy atom. The van der Waals surface area contributed by atoms with Crippen LogP contribution in [-0.4, -0.2) is 28.7 Å². The molecular formula is C22H19NO3. The van der Waals surface area contributed by atoms with Crippen molar-refractivity contribution in [2.45, 2.75) is 12.6 Å². The predicted molar refractivity (Wildman–Crippen MR) is 103 cm³/mol. The molecular weight excluding hydrogens is 326 g/mol. The number of aldehydes is 1. The smallest absolute Gasteiger partial charge is 0.150 e. The molecule has 130 valence electrons. The van der Waals surface area contributed by atoms with Gasteiger partial charge in [-0.15, -0.1) is 0 Å². The van der Waals surface area contributed by atoms with Gasteiger partial charge < -0.3 is 14.4 Å². The average Bonchev–Trinajstić information content (AvgIpc) is 3.01. The third-order valence-corrected chi connectivity index (χ3v) is 4.53. The van der Waals surface area contributed by atoms with Crippen LogP contribution < -0.4 is 4.74 Å². The fourth-order valence-electron chi connectivity index (χ4n) is 3.30. The highest BCUT2D eigenvalue weighted by Gasteiger charge is 2.13. The van der Waals surface area contributed by atoms with Crippen LogP contribution in [0.15, 0.2) is 72.8 Å². The minimum atomic E-state index is -0.653. The number of aliphatic hydroxyl groups is 1. The maximum Gasteiger partial charge on any atom is 0.150 e. The number of fused-ring (bicyclic) bond motifs is 3. The zero-order valence-electron chi connectivity index (χ0n) is 14.2. The molecule has 0 unspecified atom stereocenters. The monoisotopic (exact) mass is 345 g/mol. The molecule has 0 saturated heterocycles. The summed E-state index contributed by atoms with van der Waals surface area (Å²) in [6.45, 7) is 0.627. The predicted octanol–water partition coefficient (Wildman–Crippen LogP) is 4.05. The Hall–Kier alpha value is -3.11. The SMILES string of the molecule is O=Cc1ccc(OC[C@H](O)Cn2c3ccccc3c3ccccc32)cc1. The van der Waals surface area contributed by atoms with E-state index < -0.39 is 6.10 Å². The van der Waals surface area contributed by atoms with E-state index in [9.17, 15) is 9.90 Å². The quantitative estimate of drug-likeness (QED) is 0.537. The van der Waals surface area contributed by atoms with E-state index in [1.807, 2.05) is 24.3 Å². The standard InChI is InChI=1S/C22H19NO3/c24-14-16-9-11-18(12-10-16)26-15-17(25)13-23-21-7-3-1-5-19(21)20-6-2-4-8-22(20)23/h1-12,14,17,25H,13,15H2/t17-/m1/s1. The molecule has 1 heterocycles. The first kappa shape index (κ1) is 16.4. The van der Waals surface area contributed by atoms with Crippen LogP contribution in [0.5, 0.6) is 5.75 Å². The second kappa shape index (κ2) is 7.02. The first-order valence-corrected chi connectivity index (χ1v) is 8.58. The van der Waals surface area contributed by atoms with E-state index in [4.69, 9.17) is 4.74 Å². The lowest BCUT2D eigenvalue weighted by atomic mass is 10.2. The molecule has 0 aliphatic rings. The third-order valence-electron chi connectivity index (χ3n) is 4.53. The van der Waals surface area contributed by atoms with Crippen LogP contribution in [0, 0.1) is 0 Å². The number of nitrogens with zero attached hydrogens (tertiary/aromatic N) is 1. The van der Waals surface area contributed by atoms with Gasteiger partial charge in [0.15, 0.2) is 0 Å². The summed E-state index contributed by atoms with van der Waals surface area (Å²) in [7, 11) is 0. The third kappa shape index (κ3) is 3.07. The lowest BCUT2D eigenvalue weighted by Gasteiger charge is -2.15. The van der Waals surface area contributed by atoms with Gasteiger partial charge in [0, 0.05) is 27.4 Å². The summed E-state index contributed by atoms with van der Waals surface area (Å²) in [5, 5.41) is 12.9. The maximum absolute atomic E-state index is 10.7. The van der Waals surface area contributed by atoms with Gasteiger partial charge in [-0.25, -0.2) is 0 Å². The molecule has 0 aliphatic carbocycles. The molecule has 0 radical (unpaired) electrons. The zero-order chi connectivity index (χ0) is 17.9. The van der Waals surface area contributed by atoms with Crippen molar-refractivity contribution in [2.24, 2.45) is 0 Å². The summed E-state index contributed by atoms with van der Waals surface area (Å²) in [6, 6.07) is 23.3. The Labute approximate surface area is 151 Å². The molecule has 4 heteroatoms. The second-order valence-electron chi connectivity index (χ2n) is 6.30. The Kier molecular flexibility index (Phi) is 4.42. The lowest BCUT2D eigenvalue weighted by molar-refractivity contribution is 0.0944. The summed E-state index contributed by atoms with van der Waals surface area (Å²) in [6.07, 6.45) is 0.140. The van der Waals surface area contributed by atoms with Crippen LogP contribution in [-0.2, 0) is 6.54 Å². The summed E-state index contributed by atoms with van der Waals surface area (Å²) in [5.41, 5.74) is 2.80. The molecule has 3 aromatic carbocycles. The highest BCUT2D eigenvalue weighted by molar-refractivity contribution is 6.07. The molecule has 1 N–H and O–H groups in total. The number of para-hydroxylation sites is 2. The average molecular weight is 345 g/mol. The molecule has 4 rings (SSSR count). The Bertz CT molecular complexity index is 997. The van der Waals surface area contributed by atoms with Gasteiger partial charge >= 0.3 is 0 Å². The molecule has 0 fully saturated rings. The first-order valence-electron chi connectivity index (χ1n) is 8.58. The van der Waals surface area contributed by atoms with Crippen LogP contribution in [0.3, 0.4) is 0 Å². The van der Waals surface area contributed by atoms with Crippen LogP contribution in [0.4, 0.5) is 0 Å². The molecule has 4 nitrogen and oxygen atoms in total. The molecule has 1 atom stereocenters. The number of rotatable bonds is 6. The highest BCUT2D eigenvalue weighted by atomic mass is 16.5. The normalized spacial score (nSPS) is 12.3. The molecule has 0 bridgehead atoms. The lowest BCUT2D eigenvalue weighted by Crippen LogP contribution is -2.23. The first-order chi connectivity index (χ1) is 12.8. The summed E-state index contributed by atoms with van der Waals surface area (Å²) < 4.78 is 7.79. The van der Waals surface area contributed by atoms with E-state index >= 15 is 0 Å². The van der Waals surface area contributed by atoms with Crippen LogP contribution in [0.25, 0.3) is 21.8 Å². The summed E-state index contributed by atoms with van der Waals surface area (Å²) in [4.78, 5) is 10.7. The Morgan fingerprint density at radius 2 is 1.46 bits per heavy atom. The summed E-state index contributed by atoms with van der Waals surface area (Å²) >= 11 is 0. The minimum absolute atomic E-state index is 0.182. The number of hydrogen-bond acceptors (Lipinski definition) is 3. The van der Waals surface area contributed by atoms with Gasteiger partial charge in [0.1, 0.15) is 24.7 Å². The molecule has 26 heavy (non-hydrogen) atoms. The van der Waals surface area contributed by atoms with E-state index in [1.165, 1.54) is 10.8 Å². The number of benzene rings is 3. The van der Waals surface area contributed by atoms with E-state index in [-0.39, 0.29) is 6.61 Å². The number of hydrogen-bond donors (Lipinski definition) is 1. The van der Waals surface area contributed by atoms with Crippen molar-refractivity contribution in [3.05, 3.63) is 78.4 Å². The molecule has 0 amide bonds. The van der Waals surface area contributed by atoms with Crippen molar-refractivity contribution in [1.29, 1.82) is 0 Å². The molecule has 1 aromatic heterocycles. The van der Waals surface area contributed by atoms with Crippen molar-refractivity contribution >= 4 is 28.1 Å². The van der Waals surface area contributed by atoms with Crippen molar-refractivity contribution in [2.75, 3.05) is 6.61 Å². The van der Waals surface area contributed by atoms with Crippen LogP contribution in [0.2, 0.25) is 0 Å². The van der Waals surface area contributed by atoms with Gasteiger partial charge in [0.05, 0.1) is 6.54 Å². The van der Waals surface area contributed by atoms with Crippen LogP contribution in [0.1, 0.15) is 10.4 Å². The zero-order valence-corrected chi connectivity index (χ0v) is 14.2. The van der Waals surface area contributed by atoms with E-state index in [0.29, 0.717) is 17.9 Å². The number of aromatic nitrogens is 1. The van der Waals surface area contributed by atoms with Crippen molar-refractivity contribution in [3.63, 3.8) is 0 Å². The highest BCUT2D eigenvalue weighted by Crippen LogP contribution is 2.28. The molecule has 0 aliphatic heterocycles. The fourth-order valence-corrected chi connectivity index (χ4v) is 3.30. The second-order valence-corrected chi connectivity index (χ2v) is 6.30. The number of ether oxygens (including phenoxy) is 1. The fraction of sp³-hybridized carbons (Fsp3) is 0.136. The van der Waals surface area contributed by atoms with Crippen LogP contribution >= 0.6 is 0 Å². The van der Waals surface area contributed by atoms with E-state index in [2.05, 4.69) is 28.8 Å². The van der Waals surface area contributed by atoms with Crippen molar-refractivity contribution in [3.8, 4) is 5.75 Å². The van der Waals surface area contributed by atoms with E-state index in [1.54, 1.807) is 24.3 Å².